The second kappa shape index (κ2) is 4.47. The topological polar surface area (TPSA) is 29.5 Å². The molecular formula is C12H18O2. The van der Waals surface area contributed by atoms with Gasteiger partial charge in [-0.3, -0.25) is 0 Å². The molecule has 0 saturated carbocycles. The lowest BCUT2D eigenvalue weighted by molar-refractivity contribution is 0.131. The van der Waals surface area contributed by atoms with E-state index in [2.05, 4.69) is 0 Å². The van der Waals surface area contributed by atoms with Crippen molar-refractivity contribution in [3.05, 3.63) is 29.8 Å². The van der Waals surface area contributed by atoms with E-state index >= 15 is 0 Å². The molecule has 14 heavy (non-hydrogen) atoms. The van der Waals surface area contributed by atoms with Gasteiger partial charge >= 0.3 is 0 Å². The lowest BCUT2D eigenvalue weighted by Crippen LogP contribution is -2.22. The molecule has 0 bridgehead atoms. The standard InChI is InChI=1S/C12H18O2/c1-12(2,3)14-11-6-4-5-10(9-11)7-8-13/h4-6,9,13H,7-8H2,1-3H3. The third-order valence-corrected chi connectivity index (χ3v) is 1.72. The van der Waals surface area contributed by atoms with Crippen molar-refractivity contribution in [1.29, 1.82) is 0 Å². The maximum absolute atomic E-state index is 8.80. The van der Waals surface area contributed by atoms with E-state index in [4.69, 9.17) is 9.84 Å². The number of aliphatic hydroxyl groups is 1. The average Bonchev–Trinajstić information content (AvgIpc) is 2.02. The van der Waals surface area contributed by atoms with Gasteiger partial charge in [0.05, 0.1) is 0 Å². The molecule has 0 aromatic heterocycles. The SMILES string of the molecule is CC(C)(C)Oc1cccc(CCO)c1. The van der Waals surface area contributed by atoms with E-state index in [1.807, 2.05) is 45.0 Å². The van der Waals surface area contributed by atoms with Crippen LogP contribution in [-0.2, 0) is 6.42 Å². The minimum atomic E-state index is -0.169. The largest absolute Gasteiger partial charge is 0.488 e. The van der Waals surface area contributed by atoms with Crippen LogP contribution in [0.4, 0.5) is 0 Å². The Hall–Kier alpha value is -1.02. The van der Waals surface area contributed by atoms with E-state index < -0.39 is 0 Å². The molecule has 0 spiro atoms. The molecule has 0 fully saturated rings. The molecular weight excluding hydrogens is 176 g/mol. The van der Waals surface area contributed by atoms with Crippen molar-refractivity contribution < 1.29 is 9.84 Å². The summed E-state index contributed by atoms with van der Waals surface area (Å²) in [5.74, 6) is 0.864. The van der Waals surface area contributed by atoms with E-state index in [0.29, 0.717) is 6.42 Å². The molecule has 0 atom stereocenters. The van der Waals surface area contributed by atoms with Gasteiger partial charge in [0, 0.05) is 6.61 Å². The summed E-state index contributed by atoms with van der Waals surface area (Å²) in [6, 6.07) is 7.85. The molecule has 0 radical (unpaired) electrons. The first-order valence-corrected chi connectivity index (χ1v) is 4.90. The first-order valence-electron chi connectivity index (χ1n) is 4.90. The van der Waals surface area contributed by atoms with Crippen molar-refractivity contribution in [2.24, 2.45) is 0 Å². The van der Waals surface area contributed by atoms with Crippen LogP contribution in [-0.4, -0.2) is 17.3 Å². The fourth-order valence-corrected chi connectivity index (χ4v) is 1.25. The summed E-state index contributed by atoms with van der Waals surface area (Å²) in [4.78, 5) is 0. The van der Waals surface area contributed by atoms with Gasteiger partial charge in [-0.2, -0.15) is 0 Å². The van der Waals surface area contributed by atoms with E-state index in [9.17, 15) is 0 Å². The Labute approximate surface area is 85.5 Å². The molecule has 0 aliphatic carbocycles. The molecule has 78 valence electrons. The van der Waals surface area contributed by atoms with Gasteiger partial charge in [-0.1, -0.05) is 12.1 Å². The molecule has 0 heterocycles. The summed E-state index contributed by atoms with van der Waals surface area (Å²) >= 11 is 0. The maximum atomic E-state index is 8.80. The van der Waals surface area contributed by atoms with Crippen LogP contribution in [0.3, 0.4) is 0 Å². The van der Waals surface area contributed by atoms with Gasteiger partial charge in [-0.15, -0.1) is 0 Å². The van der Waals surface area contributed by atoms with Gasteiger partial charge < -0.3 is 9.84 Å². The Morgan fingerprint density at radius 1 is 1.29 bits per heavy atom. The van der Waals surface area contributed by atoms with Crippen LogP contribution in [0, 0.1) is 0 Å². The van der Waals surface area contributed by atoms with Gasteiger partial charge in [0.1, 0.15) is 11.4 Å². The fraction of sp³-hybridized carbons (Fsp3) is 0.500. The van der Waals surface area contributed by atoms with Crippen molar-refractivity contribution >= 4 is 0 Å². The Bertz CT molecular complexity index is 287. The van der Waals surface area contributed by atoms with Crippen molar-refractivity contribution in [1.82, 2.24) is 0 Å². The van der Waals surface area contributed by atoms with Gasteiger partial charge in [-0.05, 0) is 44.9 Å². The van der Waals surface area contributed by atoms with Gasteiger partial charge in [0.2, 0.25) is 0 Å². The van der Waals surface area contributed by atoms with Crippen LogP contribution >= 0.6 is 0 Å². The Kier molecular flexibility index (Phi) is 3.53. The quantitative estimate of drug-likeness (QED) is 0.800. The molecule has 2 nitrogen and oxygen atoms in total. The van der Waals surface area contributed by atoms with Crippen molar-refractivity contribution in [2.75, 3.05) is 6.61 Å². The van der Waals surface area contributed by atoms with E-state index in [1.165, 1.54) is 0 Å². The molecule has 0 amide bonds. The zero-order valence-corrected chi connectivity index (χ0v) is 9.08. The molecule has 0 saturated heterocycles. The number of ether oxygens (including phenoxy) is 1. The van der Waals surface area contributed by atoms with E-state index in [1.54, 1.807) is 0 Å². The molecule has 0 unspecified atom stereocenters. The zero-order valence-electron chi connectivity index (χ0n) is 9.08. The first kappa shape index (κ1) is 11.1. The van der Waals surface area contributed by atoms with Gasteiger partial charge in [-0.25, -0.2) is 0 Å². The number of aliphatic hydroxyl groups excluding tert-OH is 1. The third-order valence-electron chi connectivity index (χ3n) is 1.72. The molecule has 1 aromatic rings. The summed E-state index contributed by atoms with van der Waals surface area (Å²) in [5.41, 5.74) is 0.937. The molecule has 2 heteroatoms. The van der Waals surface area contributed by atoms with Crippen LogP contribution in [0.2, 0.25) is 0 Å². The Morgan fingerprint density at radius 3 is 2.57 bits per heavy atom. The normalized spacial score (nSPS) is 11.4. The third kappa shape index (κ3) is 3.79. The van der Waals surface area contributed by atoms with Gasteiger partial charge in [0.15, 0.2) is 0 Å². The molecule has 1 N–H and O–H groups in total. The predicted octanol–water partition coefficient (Wildman–Crippen LogP) is 2.40. The lowest BCUT2D eigenvalue weighted by Gasteiger charge is -2.21. The first-order chi connectivity index (χ1) is 6.51. The van der Waals surface area contributed by atoms with Crippen LogP contribution in [0.5, 0.6) is 5.75 Å². The highest BCUT2D eigenvalue weighted by molar-refractivity contribution is 5.29. The second-order valence-corrected chi connectivity index (χ2v) is 4.34. The van der Waals surface area contributed by atoms with Crippen LogP contribution in [0.15, 0.2) is 24.3 Å². The average molecular weight is 194 g/mol. The molecule has 0 aliphatic rings. The molecule has 1 aromatic carbocycles. The number of hydrogen-bond acceptors (Lipinski definition) is 2. The van der Waals surface area contributed by atoms with Crippen molar-refractivity contribution in [2.45, 2.75) is 32.8 Å². The van der Waals surface area contributed by atoms with Crippen molar-refractivity contribution in [3.63, 3.8) is 0 Å². The second-order valence-electron chi connectivity index (χ2n) is 4.34. The highest BCUT2D eigenvalue weighted by atomic mass is 16.5. The van der Waals surface area contributed by atoms with Crippen LogP contribution in [0.25, 0.3) is 0 Å². The summed E-state index contributed by atoms with van der Waals surface area (Å²) < 4.78 is 5.71. The summed E-state index contributed by atoms with van der Waals surface area (Å²) in [7, 11) is 0. The van der Waals surface area contributed by atoms with Crippen molar-refractivity contribution in [3.8, 4) is 5.75 Å². The fourth-order valence-electron chi connectivity index (χ4n) is 1.25. The molecule has 0 aliphatic heterocycles. The van der Waals surface area contributed by atoms with Gasteiger partial charge in [0.25, 0.3) is 0 Å². The smallest absolute Gasteiger partial charge is 0.120 e. The number of hydrogen-bond donors (Lipinski definition) is 1. The highest BCUT2D eigenvalue weighted by Gasteiger charge is 2.11. The summed E-state index contributed by atoms with van der Waals surface area (Å²) in [6.07, 6.45) is 0.682. The van der Waals surface area contributed by atoms with Crippen LogP contribution in [0.1, 0.15) is 26.3 Å². The van der Waals surface area contributed by atoms with E-state index in [-0.39, 0.29) is 12.2 Å². The van der Waals surface area contributed by atoms with Crippen LogP contribution < -0.4 is 4.74 Å². The molecule has 1 rings (SSSR count). The summed E-state index contributed by atoms with van der Waals surface area (Å²) in [5, 5.41) is 8.80. The predicted molar refractivity (Wildman–Crippen MR) is 57.6 cm³/mol. The summed E-state index contributed by atoms with van der Waals surface area (Å²) in [6.45, 7) is 6.24. The lowest BCUT2D eigenvalue weighted by atomic mass is 10.1. The zero-order chi connectivity index (χ0) is 10.6. The Balaban J connectivity index is 2.73. The minimum Gasteiger partial charge on any atom is -0.488 e. The highest BCUT2D eigenvalue weighted by Crippen LogP contribution is 2.19. The number of rotatable bonds is 3. The Morgan fingerprint density at radius 2 is 2.00 bits per heavy atom. The monoisotopic (exact) mass is 194 g/mol. The maximum Gasteiger partial charge on any atom is 0.120 e. The number of benzene rings is 1. The van der Waals surface area contributed by atoms with E-state index in [0.717, 1.165) is 11.3 Å². The minimum absolute atomic E-state index is 0.169.